The highest BCUT2D eigenvalue weighted by Gasteiger charge is 2.59. The zero-order chi connectivity index (χ0) is 24.8. The lowest BCUT2D eigenvalue weighted by molar-refractivity contribution is -0.123. The van der Waals surface area contributed by atoms with Crippen molar-refractivity contribution in [3.05, 3.63) is 58.8 Å². The van der Waals surface area contributed by atoms with Crippen molar-refractivity contribution >= 4 is 46.3 Å². The number of hydrogen-bond donors (Lipinski definition) is 2. The number of carbonyl (C=O) groups excluding carboxylic acids is 2. The first-order valence-electron chi connectivity index (χ1n) is 10.8. The summed E-state index contributed by atoms with van der Waals surface area (Å²) < 4.78 is 15.0. The molecule has 10 heteroatoms. The number of anilines is 2. The molecule has 0 bridgehead atoms. The monoisotopic (exact) mass is 481 g/mol. The van der Waals surface area contributed by atoms with Crippen molar-refractivity contribution in [1.29, 1.82) is 0 Å². The van der Waals surface area contributed by atoms with Gasteiger partial charge in [0.1, 0.15) is 17.6 Å². The Morgan fingerprint density at radius 3 is 2.59 bits per heavy atom. The second-order valence-electron chi connectivity index (χ2n) is 9.25. The number of nitrogens with one attached hydrogen (secondary N) is 1. The molecule has 2 heterocycles. The SMILES string of the molecule is [C-]#[N+]c1ncc(N2C(=O)C3(CCC3)N(c3ccc(C(=O)NCC(C)(C)O)c(F)c3)C2=S)cc1C. The third-order valence-corrected chi connectivity index (χ3v) is 6.50. The minimum Gasteiger partial charge on any atom is -0.389 e. The van der Waals surface area contributed by atoms with Crippen molar-refractivity contribution in [2.75, 3.05) is 16.3 Å². The van der Waals surface area contributed by atoms with E-state index in [2.05, 4.69) is 15.1 Å². The van der Waals surface area contributed by atoms with Crippen LogP contribution in [-0.2, 0) is 4.79 Å². The lowest BCUT2D eigenvalue weighted by atomic mass is 9.75. The highest BCUT2D eigenvalue weighted by molar-refractivity contribution is 7.81. The molecular formula is C24H24FN5O3S. The second kappa shape index (κ2) is 8.42. The molecule has 1 spiro atoms. The molecule has 1 saturated carbocycles. The van der Waals surface area contributed by atoms with Crippen LogP contribution in [0.5, 0.6) is 0 Å². The average Bonchev–Trinajstić information content (AvgIpc) is 2.98. The maximum absolute atomic E-state index is 15.0. The first kappa shape index (κ1) is 23.7. The molecule has 1 aromatic carbocycles. The van der Waals surface area contributed by atoms with Crippen LogP contribution in [0, 0.1) is 19.3 Å². The molecule has 2 aliphatic rings. The molecule has 2 amide bonds. The Balaban J connectivity index is 1.67. The highest BCUT2D eigenvalue weighted by Crippen LogP contribution is 2.48. The number of aryl methyl sites for hydroxylation is 1. The summed E-state index contributed by atoms with van der Waals surface area (Å²) in [4.78, 5) is 36.5. The normalized spacial score (nSPS) is 17.1. The molecule has 1 saturated heterocycles. The van der Waals surface area contributed by atoms with Crippen molar-refractivity contribution in [3.8, 4) is 0 Å². The number of pyridine rings is 1. The third kappa shape index (κ3) is 3.91. The van der Waals surface area contributed by atoms with Gasteiger partial charge in [-0.15, -0.1) is 4.98 Å². The quantitative estimate of drug-likeness (QED) is 0.501. The van der Waals surface area contributed by atoms with E-state index in [4.69, 9.17) is 18.8 Å². The van der Waals surface area contributed by atoms with E-state index in [0.29, 0.717) is 29.8 Å². The molecule has 2 N–H and O–H groups in total. The van der Waals surface area contributed by atoms with Crippen LogP contribution < -0.4 is 15.1 Å². The largest absolute Gasteiger partial charge is 0.389 e. The first-order valence-corrected chi connectivity index (χ1v) is 11.2. The summed E-state index contributed by atoms with van der Waals surface area (Å²) in [5.74, 6) is -1.37. The van der Waals surface area contributed by atoms with Crippen molar-refractivity contribution in [1.82, 2.24) is 10.3 Å². The van der Waals surface area contributed by atoms with Crippen molar-refractivity contribution < 1.29 is 19.1 Å². The van der Waals surface area contributed by atoms with Gasteiger partial charge in [-0.1, -0.05) is 6.57 Å². The van der Waals surface area contributed by atoms with Crippen molar-refractivity contribution in [2.24, 2.45) is 0 Å². The maximum Gasteiger partial charge on any atom is 0.272 e. The fourth-order valence-corrected chi connectivity index (χ4v) is 4.69. The topological polar surface area (TPSA) is 90.1 Å². The number of thiocarbonyl (C=S) groups is 1. The molecule has 8 nitrogen and oxygen atoms in total. The van der Waals surface area contributed by atoms with Crippen LogP contribution in [-0.4, -0.2) is 44.7 Å². The fourth-order valence-electron chi connectivity index (χ4n) is 4.22. The average molecular weight is 482 g/mol. The molecule has 0 radical (unpaired) electrons. The van der Waals surface area contributed by atoms with E-state index in [1.807, 2.05) is 0 Å². The summed E-state index contributed by atoms with van der Waals surface area (Å²) in [7, 11) is 0. The number of aromatic nitrogens is 1. The van der Waals surface area contributed by atoms with Crippen LogP contribution in [0.1, 0.15) is 49.0 Å². The summed E-state index contributed by atoms with van der Waals surface area (Å²) in [6, 6.07) is 5.81. The summed E-state index contributed by atoms with van der Waals surface area (Å²) >= 11 is 5.68. The number of amides is 2. The first-order chi connectivity index (χ1) is 16.0. The Labute approximate surface area is 202 Å². The van der Waals surface area contributed by atoms with Gasteiger partial charge in [0.15, 0.2) is 5.11 Å². The number of aliphatic hydroxyl groups is 1. The predicted molar refractivity (Wildman–Crippen MR) is 129 cm³/mol. The summed E-state index contributed by atoms with van der Waals surface area (Å²) in [6.45, 7) is 12.0. The van der Waals surface area contributed by atoms with Crippen LogP contribution in [0.25, 0.3) is 4.85 Å². The number of rotatable bonds is 5. The highest BCUT2D eigenvalue weighted by atomic mass is 32.1. The number of hydrogen-bond acceptors (Lipinski definition) is 5. The third-order valence-electron chi connectivity index (χ3n) is 6.13. The van der Waals surface area contributed by atoms with Gasteiger partial charge in [-0.3, -0.25) is 14.5 Å². The zero-order valence-electron chi connectivity index (χ0n) is 19.1. The molecular weight excluding hydrogens is 457 g/mol. The van der Waals surface area contributed by atoms with Crippen molar-refractivity contribution in [2.45, 2.75) is 51.2 Å². The van der Waals surface area contributed by atoms with Crippen LogP contribution in [0.4, 0.5) is 21.6 Å². The Morgan fingerprint density at radius 1 is 1.35 bits per heavy atom. The maximum atomic E-state index is 15.0. The van der Waals surface area contributed by atoms with Gasteiger partial charge in [0.2, 0.25) is 0 Å². The van der Waals surface area contributed by atoms with Crippen molar-refractivity contribution in [3.63, 3.8) is 0 Å². The van der Waals surface area contributed by atoms with E-state index in [1.54, 1.807) is 24.0 Å². The van der Waals surface area contributed by atoms with E-state index >= 15 is 0 Å². The summed E-state index contributed by atoms with van der Waals surface area (Å²) in [5.41, 5.74) is -0.763. The summed E-state index contributed by atoms with van der Waals surface area (Å²) in [6.07, 6.45) is 3.39. The number of benzene rings is 1. The number of nitrogens with zero attached hydrogens (tertiary/aromatic N) is 4. The molecule has 34 heavy (non-hydrogen) atoms. The molecule has 1 aromatic heterocycles. The summed E-state index contributed by atoms with van der Waals surface area (Å²) in [5, 5.41) is 12.5. The predicted octanol–water partition coefficient (Wildman–Crippen LogP) is 3.64. The molecule has 4 rings (SSSR count). The van der Waals surface area contributed by atoms with Gasteiger partial charge in [-0.25, -0.2) is 4.39 Å². The van der Waals surface area contributed by atoms with E-state index in [0.717, 1.165) is 6.42 Å². The van der Waals surface area contributed by atoms with Crippen LogP contribution in [0.3, 0.4) is 0 Å². The zero-order valence-corrected chi connectivity index (χ0v) is 19.9. The van der Waals surface area contributed by atoms with E-state index in [1.165, 1.54) is 37.1 Å². The van der Waals surface area contributed by atoms with Crippen LogP contribution in [0.2, 0.25) is 0 Å². The van der Waals surface area contributed by atoms with E-state index in [9.17, 15) is 19.1 Å². The molecule has 0 atom stereocenters. The second-order valence-corrected chi connectivity index (χ2v) is 9.61. The molecule has 2 aromatic rings. The molecule has 2 fully saturated rings. The van der Waals surface area contributed by atoms with Gasteiger partial charge in [0.25, 0.3) is 17.6 Å². The molecule has 176 valence electrons. The molecule has 1 aliphatic carbocycles. The van der Waals surface area contributed by atoms with Gasteiger partial charge in [-0.05, 0) is 82.1 Å². The van der Waals surface area contributed by atoms with Crippen LogP contribution >= 0.6 is 12.2 Å². The van der Waals surface area contributed by atoms with Crippen LogP contribution in [0.15, 0.2) is 30.5 Å². The smallest absolute Gasteiger partial charge is 0.272 e. The van der Waals surface area contributed by atoms with Gasteiger partial charge in [0, 0.05) is 12.2 Å². The number of halogens is 1. The van der Waals surface area contributed by atoms with Gasteiger partial charge >= 0.3 is 0 Å². The lowest BCUT2D eigenvalue weighted by Crippen LogP contribution is -2.55. The van der Waals surface area contributed by atoms with E-state index < -0.39 is 22.9 Å². The minimum absolute atomic E-state index is 0.0322. The van der Waals surface area contributed by atoms with E-state index in [-0.39, 0.29) is 28.9 Å². The standard InChI is InChI=1S/C24H24FN5O3S/c1-14-10-16(12-27-19(14)26-4)29-21(32)24(8-5-9-24)30(22(29)34)15-6-7-17(18(25)11-15)20(31)28-13-23(2,3)33/h6-7,10-12,33H,5,8-9,13H2,1-3H3,(H,28,31). The molecule has 0 unspecified atom stereocenters. The van der Waals surface area contributed by atoms with Gasteiger partial charge in [0.05, 0.1) is 16.9 Å². The Hall–Kier alpha value is -3.42. The van der Waals surface area contributed by atoms with Gasteiger partial charge in [-0.2, -0.15) is 0 Å². The Bertz CT molecular complexity index is 1250. The Kier molecular flexibility index (Phi) is 5.87. The van der Waals surface area contributed by atoms with Gasteiger partial charge < -0.3 is 20.2 Å². The molecule has 1 aliphatic heterocycles. The fraction of sp³-hybridized carbons (Fsp3) is 0.375. The minimum atomic E-state index is -1.13. The number of carbonyl (C=O) groups is 2. The Morgan fingerprint density at radius 2 is 2.06 bits per heavy atom. The lowest BCUT2D eigenvalue weighted by Gasteiger charge is -2.43.